The lowest BCUT2D eigenvalue weighted by atomic mass is 9.81. The molecule has 0 unspecified atom stereocenters. The van der Waals surface area contributed by atoms with E-state index in [9.17, 15) is 19.2 Å². The summed E-state index contributed by atoms with van der Waals surface area (Å²) in [7, 11) is 0. The van der Waals surface area contributed by atoms with E-state index in [4.69, 9.17) is 4.74 Å². The van der Waals surface area contributed by atoms with E-state index in [1.807, 2.05) is 13.8 Å². The average molecular weight is 415 g/mol. The highest BCUT2D eigenvalue weighted by atomic mass is 32.1. The molecular formula is C21H22FN3O3S. The van der Waals surface area contributed by atoms with E-state index in [-0.39, 0.29) is 16.6 Å². The Labute approximate surface area is 172 Å². The Morgan fingerprint density at radius 1 is 1.31 bits per heavy atom. The molecule has 152 valence electrons. The van der Waals surface area contributed by atoms with Gasteiger partial charge in [0.2, 0.25) is 0 Å². The number of benzene rings is 1. The summed E-state index contributed by atoms with van der Waals surface area (Å²) >= 11 is 1.34. The fourth-order valence-electron chi connectivity index (χ4n) is 3.73. The van der Waals surface area contributed by atoms with Crippen molar-refractivity contribution in [3.63, 3.8) is 0 Å². The van der Waals surface area contributed by atoms with Gasteiger partial charge in [0.25, 0.3) is 5.91 Å². The Kier molecular flexibility index (Phi) is 5.48. The predicted octanol–water partition coefficient (Wildman–Crippen LogP) is 3.71. The van der Waals surface area contributed by atoms with Gasteiger partial charge in [-0.2, -0.15) is 5.26 Å². The second-order valence-corrected chi connectivity index (χ2v) is 9.16. The number of ether oxygens (including phenoxy) is 1. The van der Waals surface area contributed by atoms with Crippen molar-refractivity contribution in [1.82, 2.24) is 5.32 Å². The number of thiophene rings is 1. The van der Waals surface area contributed by atoms with Crippen molar-refractivity contribution >= 4 is 28.2 Å². The van der Waals surface area contributed by atoms with Crippen molar-refractivity contribution in [2.24, 2.45) is 0 Å². The second-order valence-electron chi connectivity index (χ2n) is 8.14. The molecule has 0 atom stereocenters. The maximum absolute atomic E-state index is 13.6. The van der Waals surface area contributed by atoms with Gasteiger partial charge in [-0.25, -0.2) is 9.18 Å². The molecule has 2 heterocycles. The van der Waals surface area contributed by atoms with Crippen LogP contribution in [0, 0.1) is 17.1 Å². The predicted molar refractivity (Wildman–Crippen MR) is 108 cm³/mol. The van der Waals surface area contributed by atoms with Gasteiger partial charge in [0.15, 0.2) is 6.61 Å². The number of halogens is 1. The molecule has 0 aliphatic carbocycles. The van der Waals surface area contributed by atoms with Crippen LogP contribution in [-0.4, -0.2) is 24.0 Å². The van der Waals surface area contributed by atoms with Gasteiger partial charge in [0.1, 0.15) is 16.9 Å². The van der Waals surface area contributed by atoms with Crippen LogP contribution in [0.3, 0.4) is 0 Å². The molecule has 29 heavy (non-hydrogen) atoms. The number of nitrogens with zero attached hydrogens (tertiary/aromatic N) is 1. The number of hydrogen-bond acceptors (Lipinski definition) is 6. The van der Waals surface area contributed by atoms with Crippen molar-refractivity contribution in [2.75, 3.05) is 11.9 Å². The minimum Gasteiger partial charge on any atom is -0.452 e. The molecule has 1 aromatic carbocycles. The third kappa shape index (κ3) is 4.31. The molecule has 0 bridgehead atoms. The van der Waals surface area contributed by atoms with Crippen LogP contribution in [0.4, 0.5) is 9.39 Å². The first kappa shape index (κ1) is 21.0. The number of carbonyl (C=O) groups excluding carboxylic acids is 2. The van der Waals surface area contributed by atoms with E-state index in [1.54, 1.807) is 0 Å². The van der Waals surface area contributed by atoms with E-state index in [1.165, 1.54) is 29.5 Å². The normalized spacial score (nSPS) is 16.4. The molecular weight excluding hydrogens is 393 g/mol. The Morgan fingerprint density at radius 2 is 2.00 bits per heavy atom. The number of nitrogens with one attached hydrogen (secondary N) is 2. The molecule has 2 aromatic rings. The van der Waals surface area contributed by atoms with Crippen LogP contribution in [0.5, 0.6) is 0 Å². The lowest BCUT2D eigenvalue weighted by Crippen LogP contribution is -2.54. The van der Waals surface area contributed by atoms with E-state index < -0.39 is 24.3 Å². The SMILES string of the molecule is CC1(C)Cc2c(sc(NC(=O)COC(=O)c3ccccc3F)c2C#N)C(C)(C)N1. The second kappa shape index (κ2) is 7.58. The Morgan fingerprint density at radius 3 is 2.66 bits per heavy atom. The van der Waals surface area contributed by atoms with E-state index in [0.29, 0.717) is 17.0 Å². The van der Waals surface area contributed by atoms with Crippen molar-refractivity contribution in [1.29, 1.82) is 5.26 Å². The molecule has 0 saturated carbocycles. The van der Waals surface area contributed by atoms with Gasteiger partial charge in [-0.3, -0.25) is 4.79 Å². The number of carbonyl (C=O) groups is 2. The third-order valence-corrected chi connectivity index (χ3v) is 6.11. The number of amides is 1. The molecule has 1 aromatic heterocycles. The smallest absolute Gasteiger partial charge is 0.341 e. The van der Waals surface area contributed by atoms with Crippen molar-refractivity contribution in [3.05, 3.63) is 51.7 Å². The first-order valence-electron chi connectivity index (χ1n) is 9.11. The number of anilines is 1. The molecule has 0 spiro atoms. The zero-order valence-electron chi connectivity index (χ0n) is 16.7. The monoisotopic (exact) mass is 415 g/mol. The van der Waals surface area contributed by atoms with Gasteiger partial charge in [-0.05, 0) is 51.8 Å². The fraction of sp³-hybridized carbons (Fsp3) is 0.381. The van der Waals surface area contributed by atoms with Crippen LogP contribution in [0.2, 0.25) is 0 Å². The van der Waals surface area contributed by atoms with Gasteiger partial charge in [-0.1, -0.05) is 12.1 Å². The largest absolute Gasteiger partial charge is 0.452 e. The lowest BCUT2D eigenvalue weighted by Gasteiger charge is -2.42. The Bertz CT molecular complexity index is 1020. The highest BCUT2D eigenvalue weighted by Gasteiger charge is 2.40. The summed E-state index contributed by atoms with van der Waals surface area (Å²) in [5.41, 5.74) is 0.568. The molecule has 0 radical (unpaired) electrons. The van der Waals surface area contributed by atoms with Crippen LogP contribution < -0.4 is 10.6 Å². The summed E-state index contributed by atoms with van der Waals surface area (Å²) in [6.07, 6.45) is 0.656. The molecule has 1 aliphatic rings. The zero-order chi connectivity index (χ0) is 21.4. The summed E-state index contributed by atoms with van der Waals surface area (Å²) in [5.74, 6) is -2.22. The zero-order valence-corrected chi connectivity index (χ0v) is 17.5. The number of nitriles is 1. The van der Waals surface area contributed by atoms with Crippen LogP contribution in [0.15, 0.2) is 24.3 Å². The molecule has 6 nitrogen and oxygen atoms in total. The van der Waals surface area contributed by atoms with E-state index in [2.05, 4.69) is 30.6 Å². The molecule has 3 rings (SSSR count). The van der Waals surface area contributed by atoms with Crippen LogP contribution in [0.1, 0.15) is 54.1 Å². The van der Waals surface area contributed by atoms with Gasteiger partial charge in [0.05, 0.1) is 11.1 Å². The summed E-state index contributed by atoms with van der Waals surface area (Å²) in [6.45, 7) is 7.62. The average Bonchev–Trinajstić information content (AvgIpc) is 2.96. The Balaban J connectivity index is 1.75. The molecule has 1 aliphatic heterocycles. The number of fused-ring (bicyclic) bond motifs is 1. The number of esters is 1. The number of rotatable bonds is 4. The summed E-state index contributed by atoms with van der Waals surface area (Å²) in [4.78, 5) is 25.3. The van der Waals surface area contributed by atoms with Crippen molar-refractivity contribution < 1.29 is 18.7 Å². The fourth-order valence-corrected chi connectivity index (χ4v) is 4.98. The summed E-state index contributed by atoms with van der Waals surface area (Å²) < 4.78 is 18.5. The topological polar surface area (TPSA) is 91.2 Å². The molecule has 8 heteroatoms. The summed E-state index contributed by atoms with van der Waals surface area (Å²) in [5, 5.41) is 16.3. The molecule has 1 amide bonds. The van der Waals surface area contributed by atoms with Gasteiger partial charge >= 0.3 is 5.97 Å². The van der Waals surface area contributed by atoms with Crippen molar-refractivity contribution in [2.45, 2.75) is 45.2 Å². The van der Waals surface area contributed by atoms with Gasteiger partial charge in [-0.15, -0.1) is 11.3 Å². The molecule has 0 fully saturated rings. The van der Waals surface area contributed by atoms with E-state index >= 15 is 0 Å². The highest BCUT2D eigenvalue weighted by molar-refractivity contribution is 7.17. The first-order valence-corrected chi connectivity index (χ1v) is 9.93. The van der Waals surface area contributed by atoms with E-state index in [0.717, 1.165) is 16.5 Å². The van der Waals surface area contributed by atoms with Gasteiger partial charge in [0, 0.05) is 16.0 Å². The number of hydrogen-bond donors (Lipinski definition) is 2. The molecule has 2 N–H and O–H groups in total. The quantitative estimate of drug-likeness (QED) is 0.743. The van der Waals surface area contributed by atoms with Crippen LogP contribution in [-0.2, 0) is 21.5 Å². The highest BCUT2D eigenvalue weighted by Crippen LogP contribution is 2.44. The van der Waals surface area contributed by atoms with Crippen LogP contribution >= 0.6 is 11.3 Å². The maximum atomic E-state index is 13.6. The van der Waals surface area contributed by atoms with Crippen molar-refractivity contribution in [3.8, 4) is 6.07 Å². The van der Waals surface area contributed by atoms with Gasteiger partial charge < -0.3 is 15.4 Å². The summed E-state index contributed by atoms with van der Waals surface area (Å²) in [6, 6.07) is 7.58. The first-order chi connectivity index (χ1) is 13.5. The third-order valence-electron chi connectivity index (χ3n) is 4.64. The maximum Gasteiger partial charge on any atom is 0.341 e. The van der Waals surface area contributed by atoms with Crippen LogP contribution in [0.25, 0.3) is 0 Å². The standard InChI is InChI=1S/C21H22FN3O3S/c1-20(2)9-13-14(10-23)18(29-17(13)21(3,4)25-20)24-16(26)11-28-19(27)12-7-5-6-8-15(12)22/h5-8,25H,9,11H2,1-4H3,(H,24,26). The minimum atomic E-state index is -0.920. The lowest BCUT2D eigenvalue weighted by molar-refractivity contribution is -0.119. The molecule has 0 saturated heterocycles. The Hall–Kier alpha value is -2.76. The minimum absolute atomic E-state index is 0.195.